The molecule has 2 atom stereocenters. The van der Waals surface area contributed by atoms with Crippen LogP contribution in [-0.2, 0) is 22.7 Å². The predicted octanol–water partition coefficient (Wildman–Crippen LogP) is 2.23. The summed E-state index contributed by atoms with van der Waals surface area (Å²) in [5.74, 6) is -1.80. The smallest absolute Gasteiger partial charge is 0.307 e. The molecule has 6 nitrogen and oxygen atoms in total. The van der Waals surface area contributed by atoms with Gasteiger partial charge in [-0.25, -0.2) is 0 Å². The van der Waals surface area contributed by atoms with Crippen molar-refractivity contribution in [1.29, 1.82) is 0 Å². The number of carbonyl (C=O) groups excluding carboxylic acids is 1. The molecule has 2 N–H and O–H groups in total. The van der Waals surface area contributed by atoms with Gasteiger partial charge in [0.1, 0.15) is 0 Å². The number of aromatic nitrogens is 1. The molecule has 1 aliphatic heterocycles. The van der Waals surface area contributed by atoms with Crippen LogP contribution in [0, 0.1) is 18.8 Å². The third-order valence-corrected chi connectivity index (χ3v) is 4.96. The summed E-state index contributed by atoms with van der Waals surface area (Å²) in [4.78, 5) is 30.3. The molecule has 1 aliphatic rings. The van der Waals surface area contributed by atoms with Crippen LogP contribution in [-0.4, -0.2) is 40.0 Å². The molecular formula is C21H25N3O3. The Bertz CT molecular complexity index is 777. The van der Waals surface area contributed by atoms with E-state index in [0.717, 1.165) is 11.1 Å². The minimum atomic E-state index is -0.839. The Balaban J connectivity index is 1.63. The molecule has 0 bridgehead atoms. The summed E-state index contributed by atoms with van der Waals surface area (Å²) in [6.45, 7) is 4.12. The van der Waals surface area contributed by atoms with Crippen molar-refractivity contribution in [2.24, 2.45) is 11.8 Å². The highest BCUT2D eigenvalue weighted by Crippen LogP contribution is 2.24. The average Bonchev–Trinajstić information content (AvgIpc) is 2.68. The first kappa shape index (κ1) is 19.0. The number of amides is 1. The van der Waals surface area contributed by atoms with Gasteiger partial charge in [0.05, 0.1) is 11.8 Å². The fraction of sp³-hybridized carbons (Fsp3) is 0.381. The third kappa shape index (κ3) is 5.37. The first-order valence-electron chi connectivity index (χ1n) is 9.18. The number of pyridine rings is 1. The second kappa shape index (κ2) is 8.77. The van der Waals surface area contributed by atoms with Crippen molar-refractivity contribution in [3.8, 4) is 0 Å². The van der Waals surface area contributed by atoms with Crippen molar-refractivity contribution in [3.05, 3.63) is 65.5 Å². The van der Waals surface area contributed by atoms with Crippen molar-refractivity contribution in [1.82, 2.24) is 15.2 Å². The quantitative estimate of drug-likeness (QED) is 0.818. The fourth-order valence-corrected chi connectivity index (χ4v) is 3.48. The normalized spacial score (nSPS) is 20.2. The lowest BCUT2D eigenvalue weighted by Crippen LogP contribution is -2.47. The Labute approximate surface area is 159 Å². The van der Waals surface area contributed by atoms with Gasteiger partial charge in [0.2, 0.25) is 5.91 Å². The number of hydrogen-bond donors (Lipinski definition) is 2. The van der Waals surface area contributed by atoms with E-state index in [1.807, 2.05) is 31.2 Å². The van der Waals surface area contributed by atoms with Crippen LogP contribution < -0.4 is 5.32 Å². The Hall–Kier alpha value is -2.73. The number of nitrogens with one attached hydrogen (secondary N) is 1. The second-order valence-electron chi connectivity index (χ2n) is 7.23. The molecule has 0 radical (unpaired) electrons. The number of carbonyl (C=O) groups is 2. The molecule has 1 aromatic heterocycles. The molecule has 0 spiro atoms. The lowest BCUT2D eigenvalue weighted by Gasteiger charge is -2.35. The molecule has 1 amide bonds. The van der Waals surface area contributed by atoms with Gasteiger partial charge in [0.15, 0.2) is 0 Å². The SMILES string of the molecule is Cc1ccc(CN2C[C@H](C(=O)O)C[C@H](C(=O)NCc3cccnc3)C2)cc1. The maximum absolute atomic E-state index is 12.6. The van der Waals surface area contributed by atoms with E-state index in [9.17, 15) is 14.7 Å². The highest BCUT2D eigenvalue weighted by Gasteiger charge is 2.34. The van der Waals surface area contributed by atoms with E-state index in [-0.39, 0.29) is 11.8 Å². The number of nitrogens with zero attached hydrogens (tertiary/aromatic N) is 2. The van der Waals surface area contributed by atoms with E-state index in [1.54, 1.807) is 12.4 Å². The second-order valence-corrected chi connectivity index (χ2v) is 7.23. The van der Waals surface area contributed by atoms with Crippen molar-refractivity contribution >= 4 is 11.9 Å². The zero-order valence-corrected chi connectivity index (χ0v) is 15.5. The molecule has 2 aromatic rings. The number of benzene rings is 1. The van der Waals surface area contributed by atoms with Gasteiger partial charge in [-0.3, -0.25) is 19.5 Å². The summed E-state index contributed by atoms with van der Waals surface area (Å²) in [6, 6.07) is 11.9. The van der Waals surface area contributed by atoms with Crippen LogP contribution in [0.5, 0.6) is 0 Å². The lowest BCUT2D eigenvalue weighted by atomic mass is 9.88. The van der Waals surface area contributed by atoms with Gasteiger partial charge in [0, 0.05) is 38.6 Å². The van der Waals surface area contributed by atoms with E-state index in [1.165, 1.54) is 5.56 Å². The summed E-state index contributed by atoms with van der Waals surface area (Å²) in [5.41, 5.74) is 3.24. The molecule has 0 aliphatic carbocycles. The number of aliphatic carboxylic acids is 1. The van der Waals surface area contributed by atoms with Gasteiger partial charge in [0.25, 0.3) is 0 Å². The van der Waals surface area contributed by atoms with Gasteiger partial charge in [-0.15, -0.1) is 0 Å². The number of likely N-dealkylation sites (tertiary alicyclic amines) is 1. The van der Waals surface area contributed by atoms with Crippen molar-refractivity contribution in [2.75, 3.05) is 13.1 Å². The van der Waals surface area contributed by atoms with E-state index in [4.69, 9.17) is 0 Å². The highest BCUT2D eigenvalue weighted by atomic mass is 16.4. The monoisotopic (exact) mass is 367 g/mol. The van der Waals surface area contributed by atoms with Gasteiger partial charge < -0.3 is 10.4 Å². The maximum atomic E-state index is 12.6. The molecule has 27 heavy (non-hydrogen) atoms. The molecule has 0 saturated carbocycles. The average molecular weight is 367 g/mol. The molecule has 142 valence electrons. The van der Waals surface area contributed by atoms with E-state index >= 15 is 0 Å². The molecule has 0 unspecified atom stereocenters. The third-order valence-electron chi connectivity index (χ3n) is 4.96. The summed E-state index contributed by atoms with van der Waals surface area (Å²) >= 11 is 0. The highest BCUT2D eigenvalue weighted by molar-refractivity contribution is 5.80. The van der Waals surface area contributed by atoms with Gasteiger partial charge >= 0.3 is 5.97 Å². The standard InChI is InChI=1S/C21H25N3O3/c1-15-4-6-16(7-5-15)12-24-13-18(9-19(14-24)21(26)27)20(25)23-11-17-3-2-8-22-10-17/h2-8,10,18-19H,9,11-14H2,1H3,(H,23,25)(H,26,27)/t18-,19+/m0/s1. The molecule has 1 aromatic carbocycles. The predicted molar refractivity (Wildman–Crippen MR) is 102 cm³/mol. The maximum Gasteiger partial charge on any atom is 0.307 e. The summed E-state index contributed by atoms with van der Waals surface area (Å²) in [6.07, 6.45) is 3.77. The zero-order chi connectivity index (χ0) is 19.2. The largest absolute Gasteiger partial charge is 0.481 e. The number of carboxylic acid groups (broad SMARTS) is 1. The van der Waals surface area contributed by atoms with Crippen molar-refractivity contribution < 1.29 is 14.7 Å². The van der Waals surface area contributed by atoms with Gasteiger partial charge in [-0.05, 0) is 30.5 Å². The molecule has 1 fully saturated rings. The zero-order valence-electron chi connectivity index (χ0n) is 15.5. The van der Waals surface area contributed by atoms with Crippen LogP contribution in [0.15, 0.2) is 48.8 Å². The van der Waals surface area contributed by atoms with Gasteiger partial charge in [-0.1, -0.05) is 35.9 Å². The van der Waals surface area contributed by atoms with Crippen LogP contribution in [0.4, 0.5) is 0 Å². The molecule has 6 heteroatoms. The number of carboxylic acids is 1. The molecule has 3 rings (SSSR count). The Kier molecular flexibility index (Phi) is 6.19. The minimum Gasteiger partial charge on any atom is -0.481 e. The van der Waals surface area contributed by atoms with Crippen molar-refractivity contribution in [3.63, 3.8) is 0 Å². The Morgan fingerprint density at radius 2 is 1.89 bits per heavy atom. The van der Waals surface area contributed by atoms with E-state index in [2.05, 4.69) is 27.3 Å². The van der Waals surface area contributed by atoms with Crippen LogP contribution in [0.2, 0.25) is 0 Å². The molecular weight excluding hydrogens is 342 g/mol. The van der Waals surface area contributed by atoms with Crippen LogP contribution >= 0.6 is 0 Å². The van der Waals surface area contributed by atoms with E-state index in [0.29, 0.717) is 32.6 Å². The first-order valence-corrected chi connectivity index (χ1v) is 9.18. The summed E-state index contributed by atoms with van der Waals surface area (Å²) < 4.78 is 0. The number of hydrogen-bond acceptors (Lipinski definition) is 4. The van der Waals surface area contributed by atoms with Gasteiger partial charge in [-0.2, -0.15) is 0 Å². The van der Waals surface area contributed by atoms with Crippen LogP contribution in [0.1, 0.15) is 23.1 Å². The Morgan fingerprint density at radius 3 is 2.56 bits per heavy atom. The van der Waals surface area contributed by atoms with E-state index < -0.39 is 11.9 Å². The Morgan fingerprint density at radius 1 is 1.15 bits per heavy atom. The van der Waals surface area contributed by atoms with Crippen molar-refractivity contribution in [2.45, 2.75) is 26.4 Å². The minimum absolute atomic E-state index is 0.0984. The fourth-order valence-electron chi connectivity index (χ4n) is 3.48. The first-order chi connectivity index (χ1) is 13.0. The topological polar surface area (TPSA) is 82.5 Å². The molecule has 2 heterocycles. The molecule has 1 saturated heterocycles. The lowest BCUT2D eigenvalue weighted by molar-refractivity contribution is -0.145. The number of piperidine rings is 1. The number of rotatable bonds is 6. The van der Waals surface area contributed by atoms with Crippen LogP contribution in [0.25, 0.3) is 0 Å². The van der Waals surface area contributed by atoms with Crippen LogP contribution in [0.3, 0.4) is 0 Å². The summed E-state index contributed by atoms with van der Waals surface area (Å²) in [5, 5.41) is 12.4. The number of aryl methyl sites for hydroxylation is 1. The summed E-state index contributed by atoms with van der Waals surface area (Å²) in [7, 11) is 0.